The van der Waals surface area contributed by atoms with Gasteiger partial charge in [-0.15, -0.1) is 0 Å². The smallest absolute Gasteiger partial charge is 0.412 e. The van der Waals surface area contributed by atoms with Gasteiger partial charge in [0.25, 0.3) is 0 Å². The summed E-state index contributed by atoms with van der Waals surface area (Å²) < 4.78 is 18.3. The maximum absolute atomic E-state index is 13.1. The predicted molar refractivity (Wildman–Crippen MR) is 98.0 cm³/mol. The number of amides is 1. The third-order valence-corrected chi connectivity index (χ3v) is 3.55. The van der Waals surface area contributed by atoms with E-state index < -0.39 is 11.7 Å². The Morgan fingerprint density at radius 3 is 2.36 bits per heavy atom. The van der Waals surface area contributed by atoms with Gasteiger partial charge in [0, 0.05) is 18.8 Å². The molecule has 0 aliphatic rings. The Labute approximate surface area is 148 Å². The monoisotopic (exact) mass is 344 g/mol. The molecular weight excluding hydrogens is 319 g/mol. The van der Waals surface area contributed by atoms with Crippen LogP contribution in [0.5, 0.6) is 0 Å². The number of nitrogens with one attached hydrogen (secondary N) is 2. The number of rotatable bonds is 5. The molecule has 5 heteroatoms. The SMILES string of the molecule is Cc1cc(F)ccc1CNCc1ccc(NC(=O)OC(C)(C)C)cc1. The third kappa shape index (κ3) is 6.55. The van der Waals surface area contributed by atoms with Crippen molar-refractivity contribution in [3.63, 3.8) is 0 Å². The van der Waals surface area contributed by atoms with Crippen molar-refractivity contribution in [3.8, 4) is 0 Å². The van der Waals surface area contributed by atoms with Crippen molar-refractivity contribution in [1.29, 1.82) is 0 Å². The lowest BCUT2D eigenvalue weighted by Crippen LogP contribution is -2.27. The summed E-state index contributed by atoms with van der Waals surface area (Å²) in [5.74, 6) is -0.214. The Hall–Kier alpha value is -2.40. The van der Waals surface area contributed by atoms with Crippen LogP contribution in [0.25, 0.3) is 0 Å². The van der Waals surface area contributed by atoms with Crippen molar-refractivity contribution >= 4 is 11.8 Å². The summed E-state index contributed by atoms with van der Waals surface area (Å²) in [6, 6.07) is 12.4. The summed E-state index contributed by atoms with van der Waals surface area (Å²) in [4.78, 5) is 11.7. The van der Waals surface area contributed by atoms with E-state index in [9.17, 15) is 9.18 Å². The van der Waals surface area contributed by atoms with Crippen LogP contribution in [0.2, 0.25) is 0 Å². The van der Waals surface area contributed by atoms with Gasteiger partial charge in [-0.2, -0.15) is 0 Å². The highest BCUT2D eigenvalue weighted by molar-refractivity contribution is 5.84. The topological polar surface area (TPSA) is 50.4 Å². The predicted octanol–water partition coefficient (Wildman–Crippen LogP) is 4.77. The van der Waals surface area contributed by atoms with E-state index >= 15 is 0 Å². The van der Waals surface area contributed by atoms with Gasteiger partial charge in [-0.3, -0.25) is 5.32 Å². The van der Waals surface area contributed by atoms with Gasteiger partial charge in [-0.25, -0.2) is 9.18 Å². The average Bonchev–Trinajstić information content (AvgIpc) is 2.49. The third-order valence-electron chi connectivity index (χ3n) is 3.55. The van der Waals surface area contributed by atoms with E-state index in [-0.39, 0.29) is 5.82 Å². The molecule has 0 spiro atoms. The molecule has 2 aromatic carbocycles. The van der Waals surface area contributed by atoms with E-state index in [1.54, 1.807) is 6.07 Å². The number of ether oxygens (including phenoxy) is 1. The van der Waals surface area contributed by atoms with E-state index in [4.69, 9.17) is 4.74 Å². The summed E-state index contributed by atoms with van der Waals surface area (Å²) in [6.45, 7) is 8.73. The molecule has 25 heavy (non-hydrogen) atoms. The number of anilines is 1. The summed E-state index contributed by atoms with van der Waals surface area (Å²) >= 11 is 0. The summed E-state index contributed by atoms with van der Waals surface area (Å²) in [6.07, 6.45) is -0.467. The van der Waals surface area contributed by atoms with Crippen molar-refractivity contribution in [1.82, 2.24) is 5.32 Å². The first-order valence-corrected chi connectivity index (χ1v) is 8.27. The van der Waals surface area contributed by atoms with Crippen LogP contribution in [0, 0.1) is 12.7 Å². The Bertz CT molecular complexity index is 721. The molecule has 0 aliphatic carbocycles. The fourth-order valence-corrected chi connectivity index (χ4v) is 2.33. The van der Waals surface area contributed by atoms with Gasteiger partial charge < -0.3 is 10.1 Å². The van der Waals surface area contributed by atoms with Gasteiger partial charge in [0.2, 0.25) is 0 Å². The van der Waals surface area contributed by atoms with E-state index in [0.29, 0.717) is 18.8 Å². The normalized spacial score (nSPS) is 11.2. The number of hydrogen-bond donors (Lipinski definition) is 2. The quantitative estimate of drug-likeness (QED) is 0.821. The first-order valence-electron chi connectivity index (χ1n) is 8.27. The van der Waals surface area contributed by atoms with Gasteiger partial charge >= 0.3 is 6.09 Å². The maximum atomic E-state index is 13.1. The number of hydrogen-bond acceptors (Lipinski definition) is 3. The lowest BCUT2D eigenvalue weighted by atomic mass is 10.1. The molecule has 0 aromatic heterocycles. The molecule has 2 N–H and O–H groups in total. The van der Waals surface area contributed by atoms with Gasteiger partial charge in [0.05, 0.1) is 0 Å². The first-order chi connectivity index (χ1) is 11.7. The van der Waals surface area contributed by atoms with Crippen molar-refractivity contribution < 1.29 is 13.9 Å². The van der Waals surface area contributed by atoms with Crippen LogP contribution in [0.4, 0.5) is 14.9 Å². The summed E-state index contributed by atoms with van der Waals surface area (Å²) in [5, 5.41) is 6.04. The van der Waals surface area contributed by atoms with Crippen molar-refractivity contribution in [2.75, 3.05) is 5.32 Å². The van der Waals surface area contributed by atoms with Crippen molar-refractivity contribution in [2.24, 2.45) is 0 Å². The molecule has 0 bridgehead atoms. The fraction of sp³-hybridized carbons (Fsp3) is 0.350. The fourth-order valence-electron chi connectivity index (χ4n) is 2.33. The molecular formula is C20H25FN2O2. The van der Waals surface area contributed by atoms with Crippen LogP contribution in [0.3, 0.4) is 0 Å². The molecule has 0 atom stereocenters. The van der Waals surface area contributed by atoms with Crippen LogP contribution in [-0.2, 0) is 17.8 Å². The largest absolute Gasteiger partial charge is 0.444 e. The van der Waals surface area contributed by atoms with Crippen LogP contribution >= 0.6 is 0 Å². The zero-order valence-corrected chi connectivity index (χ0v) is 15.2. The molecule has 4 nitrogen and oxygen atoms in total. The summed E-state index contributed by atoms with van der Waals surface area (Å²) in [5.41, 5.74) is 3.27. The average molecular weight is 344 g/mol. The molecule has 2 aromatic rings. The van der Waals surface area contributed by atoms with Crippen LogP contribution in [-0.4, -0.2) is 11.7 Å². The van der Waals surface area contributed by atoms with E-state index in [1.807, 2.05) is 52.0 Å². The Balaban J connectivity index is 1.83. The van der Waals surface area contributed by atoms with Crippen molar-refractivity contribution in [3.05, 3.63) is 65.0 Å². The van der Waals surface area contributed by atoms with Gasteiger partial charge in [-0.05, 0) is 68.7 Å². The minimum atomic E-state index is -0.521. The minimum Gasteiger partial charge on any atom is -0.444 e. The molecule has 0 fully saturated rings. The highest BCUT2D eigenvalue weighted by Crippen LogP contribution is 2.14. The maximum Gasteiger partial charge on any atom is 0.412 e. The molecule has 134 valence electrons. The highest BCUT2D eigenvalue weighted by atomic mass is 19.1. The Kier molecular flexibility index (Phi) is 6.15. The molecule has 0 radical (unpaired) electrons. The minimum absolute atomic E-state index is 0.214. The summed E-state index contributed by atoms with van der Waals surface area (Å²) in [7, 11) is 0. The highest BCUT2D eigenvalue weighted by Gasteiger charge is 2.16. The molecule has 0 aliphatic heterocycles. The van der Waals surface area contributed by atoms with Gasteiger partial charge in [-0.1, -0.05) is 18.2 Å². The number of benzene rings is 2. The van der Waals surface area contributed by atoms with Crippen LogP contribution in [0.1, 0.15) is 37.5 Å². The Morgan fingerprint density at radius 1 is 1.08 bits per heavy atom. The molecule has 1 amide bonds. The molecule has 0 heterocycles. The second-order valence-corrected chi connectivity index (χ2v) is 7.00. The van der Waals surface area contributed by atoms with E-state index in [1.165, 1.54) is 12.1 Å². The lowest BCUT2D eigenvalue weighted by molar-refractivity contribution is 0.0636. The zero-order chi connectivity index (χ0) is 18.4. The number of carbonyl (C=O) groups is 1. The standard InChI is InChI=1S/C20H25FN2O2/c1-14-11-17(21)8-7-16(14)13-22-12-15-5-9-18(10-6-15)23-19(24)25-20(2,3)4/h5-11,22H,12-13H2,1-4H3,(H,23,24). The second kappa shape index (κ2) is 8.12. The van der Waals surface area contributed by atoms with Crippen LogP contribution < -0.4 is 10.6 Å². The van der Waals surface area contributed by atoms with Gasteiger partial charge in [0.15, 0.2) is 0 Å². The molecule has 0 saturated carbocycles. The van der Waals surface area contributed by atoms with Crippen molar-refractivity contribution in [2.45, 2.75) is 46.4 Å². The van der Waals surface area contributed by atoms with Gasteiger partial charge in [0.1, 0.15) is 11.4 Å². The molecule has 2 rings (SSSR count). The first kappa shape index (κ1) is 18.9. The van der Waals surface area contributed by atoms with Crippen LogP contribution in [0.15, 0.2) is 42.5 Å². The number of halogens is 1. The molecule has 0 unspecified atom stereocenters. The van der Waals surface area contributed by atoms with E-state index in [2.05, 4.69) is 10.6 Å². The lowest BCUT2D eigenvalue weighted by Gasteiger charge is -2.19. The Morgan fingerprint density at radius 2 is 1.76 bits per heavy atom. The van der Waals surface area contributed by atoms with E-state index in [0.717, 1.165) is 16.7 Å². The number of aryl methyl sites for hydroxylation is 1. The number of carbonyl (C=O) groups excluding carboxylic acids is 1. The zero-order valence-electron chi connectivity index (χ0n) is 15.2. The molecule has 0 saturated heterocycles. The second-order valence-electron chi connectivity index (χ2n) is 7.00.